The highest BCUT2D eigenvalue weighted by atomic mass is 32.1. The van der Waals surface area contributed by atoms with Gasteiger partial charge in [-0.25, -0.2) is 0 Å². The van der Waals surface area contributed by atoms with Crippen LogP contribution in [-0.2, 0) is 12.8 Å². The molecule has 1 aromatic heterocycles. The molecule has 0 saturated heterocycles. The molecule has 2 heterocycles. The van der Waals surface area contributed by atoms with Crippen LogP contribution in [0.5, 0.6) is 11.5 Å². The molecule has 2 aromatic carbocycles. The van der Waals surface area contributed by atoms with E-state index in [-0.39, 0.29) is 11.9 Å². The quantitative estimate of drug-likeness (QED) is 0.590. The van der Waals surface area contributed by atoms with Gasteiger partial charge < -0.3 is 14.4 Å². The summed E-state index contributed by atoms with van der Waals surface area (Å²) in [5, 5.41) is 2.06. The van der Waals surface area contributed by atoms with Crippen LogP contribution in [0.1, 0.15) is 44.9 Å². The van der Waals surface area contributed by atoms with E-state index >= 15 is 0 Å². The lowest BCUT2D eigenvalue weighted by molar-refractivity contribution is 0.0697. The molecule has 0 saturated carbocycles. The number of carbonyl (C=O) groups is 1. The number of amides is 1. The second-order valence-corrected chi connectivity index (χ2v) is 8.10. The smallest absolute Gasteiger partial charge is 0.254 e. The van der Waals surface area contributed by atoms with Gasteiger partial charge in [0.15, 0.2) is 11.5 Å². The first-order chi connectivity index (χ1) is 14.2. The van der Waals surface area contributed by atoms with E-state index in [2.05, 4.69) is 18.4 Å². The highest BCUT2D eigenvalue weighted by Gasteiger charge is 2.34. The number of thiophene rings is 1. The zero-order valence-electron chi connectivity index (χ0n) is 17.0. The van der Waals surface area contributed by atoms with E-state index in [4.69, 9.17) is 9.47 Å². The van der Waals surface area contributed by atoms with E-state index in [0.717, 1.165) is 34.6 Å². The van der Waals surface area contributed by atoms with Crippen molar-refractivity contribution in [1.82, 2.24) is 4.90 Å². The van der Waals surface area contributed by atoms with Crippen molar-refractivity contribution in [1.29, 1.82) is 0 Å². The third kappa shape index (κ3) is 3.62. The van der Waals surface area contributed by atoms with E-state index in [0.29, 0.717) is 12.3 Å². The molecule has 29 heavy (non-hydrogen) atoms. The summed E-state index contributed by atoms with van der Waals surface area (Å²) in [5.41, 5.74) is 4.27. The molecule has 0 unspecified atom stereocenters. The van der Waals surface area contributed by atoms with Crippen LogP contribution in [-0.4, -0.2) is 31.6 Å². The van der Waals surface area contributed by atoms with Crippen molar-refractivity contribution in [3.63, 3.8) is 0 Å². The summed E-state index contributed by atoms with van der Waals surface area (Å²) in [4.78, 5) is 16.6. The van der Waals surface area contributed by atoms with Crippen molar-refractivity contribution in [2.45, 2.75) is 25.8 Å². The van der Waals surface area contributed by atoms with Gasteiger partial charge in [-0.3, -0.25) is 4.79 Å². The van der Waals surface area contributed by atoms with E-state index in [1.165, 1.54) is 11.1 Å². The summed E-state index contributed by atoms with van der Waals surface area (Å²) in [6, 6.07) is 16.0. The minimum absolute atomic E-state index is 0.0616. The Morgan fingerprint density at radius 2 is 1.83 bits per heavy atom. The molecule has 1 atom stereocenters. The highest BCUT2D eigenvalue weighted by Crippen LogP contribution is 2.42. The number of aryl methyl sites for hydroxylation is 1. The highest BCUT2D eigenvalue weighted by molar-refractivity contribution is 7.10. The number of benzene rings is 2. The predicted octanol–water partition coefficient (Wildman–Crippen LogP) is 5.12. The van der Waals surface area contributed by atoms with E-state index in [9.17, 15) is 4.79 Å². The van der Waals surface area contributed by atoms with Crippen molar-refractivity contribution in [2.75, 3.05) is 20.8 Å². The summed E-state index contributed by atoms with van der Waals surface area (Å²) in [6.07, 6.45) is 1.75. The number of ether oxygens (including phenoxy) is 2. The van der Waals surface area contributed by atoms with Gasteiger partial charge in [-0.15, -0.1) is 11.3 Å². The molecule has 4 rings (SSSR count). The van der Waals surface area contributed by atoms with E-state index < -0.39 is 0 Å². The molecule has 150 valence electrons. The van der Waals surface area contributed by atoms with Crippen molar-refractivity contribution >= 4 is 17.2 Å². The minimum atomic E-state index is -0.128. The lowest BCUT2D eigenvalue weighted by Gasteiger charge is -2.37. The number of fused-ring (bicyclic) bond motifs is 1. The fraction of sp³-hybridized carbons (Fsp3) is 0.292. The standard InChI is InChI=1S/C24H25NO3S/c1-4-16-7-9-17(10-8-16)24(26)25-12-11-18-14-20(27-2)21(28-3)15-19(18)23(25)22-6-5-13-29-22/h5-10,13-15,23H,4,11-12H2,1-3H3/t23-/m1/s1. The van der Waals surface area contributed by atoms with Crippen LogP contribution in [0.15, 0.2) is 53.9 Å². The Hall–Kier alpha value is -2.79. The molecule has 0 N–H and O–H groups in total. The first-order valence-corrected chi connectivity index (χ1v) is 10.7. The molecule has 1 aliphatic heterocycles. The maximum absolute atomic E-state index is 13.5. The molecule has 1 aliphatic rings. The molecule has 0 bridgehead atoms. The Labute approximate surface area is 175 Å². The summed E-state index contributed by atoms with van der Waals surface area (Å²) < 4.78 is 11.0. The molecule has 5 heteroatoms. The fourth-order valence-corrected chi connectivity index (χ4v) is 4.82. The molecule has 0 aliphatic carbocycles. The number of carbonyl (C=O) groups excluding carboxylic acids is 1. The zero-order chi connectivity index (χ0) is 20.4. The Kier molecular flexibility index (Phi) is 5.58. The average Bonchev–Trinajstić information content (AvgIpc) is 3.31. The van der Waals surface area contributed by atoms with Crippen molar-refractivity contribution in [2.24, 2.45) is 0 Å². The van der Waals surface area contributed by atoms with Gasteiger partial charge in [0.2, 0.25) is 0 Å². The summed E-state index contributed by atoms with van der Waals surface area (Å²) in [6.45, 7) is 2.78. The average molecular weight is 408 g/mol. The first kappa shape index (κ1) is 19.5. The van der Waals surface area contributed by atoms with Crippen molar-refractivity contribution < 1.29 is 14.3 Å². The number of rotatable bonds is 5. The number of hydrogen-bond acceptors (Lipinski definition) is 4. The molecule has 0 radical (unpaired) electrons. The fourth-order valence-electron chi connectivity index (χ4n) is 3.97. The van der Waals surface area contributed by atoms with Gasteiger partial charge in [0.25, 0.3) is 5.91 Å². The van der Waals surface area contributed by atoms with Crippen LogP contribution < -0.4 is 9.47 Å². The Morgan fingerprint density at radius 1 is 1.10 bits per heavy atom. The van der Waals surface area contributed by atoms with Crippen LogP contribution in [0.4, 0.5) is 0 Å². The van der Waals surface area contributed by atoms with Gasteiger partial charge in [-0.05, 0) is 65.2 Å². The van der Waals surface area contributed by atoms with Gasteiger partial charge >= 0.3 is 0 Å². The van der Waals surface area contributed by atoms with Crippen LogP contribution in [0, 0.1) is 0 Å². The topological polar surface area (TPSA) is 38.8 Å². The lowest BCUT2D eigenvalue weighted by Crippen LogP contribution is -2.40. The van der Waals surface area contributed by atoms with Gasteiger partial charge in [-0.2, -0.15) is 0 Å². The van der Waals surface area contributed by atoms with Gasteiger partial charge in [-0.1, -0.05) is 25.1 Å². The third-order valence-electron chi connectivity index (χ3n) is 5.56. The molecule has 1 amide bonds. The summed E-state index contributed by atoms with van der Waals surface area (Å²) in [5.74, 6) is 1.48. The third-order valence-corrected chi connectivity index (χ3v) is 6.48. The second-order valence-electron chi connectivity index (χ2n) is 7.12. The van der Waals surface area contributed by atoms with Crippen LogP contribution in [0.2, 0.25) is 0 Å². The number of methoxy groups -OCH3 is 2. The molecule has 0 spiro atoms. The monoisotopic (exact) mass is 407 g/mol. The Bertz CT molecular complexity index is 996. The predicted molar refractivity (Wildman–Crippen MR) is 116 cm³/mol. The van der Waals surface area contributed by atoms with Crippen molar-refractivity contribution in [3.8, 4) is 11.5 Å². The van der Waals surface area contributed by atoms with E-state index in [1.54, 1.807) is 25.6 Å². The normalized spacial score (nSPS) is 15.7. The Balaban J connectivity index is 1.78. The summed E-state index contributed by atoms with van der Waals surface area (Å²) in [7, 11) is 3.30. The Morgan fingerprint density at radius 3 is 2.45 bits per heavy atom. The first-order valence-electron chi connectivity index (χ1n) is 9.84. The molecule has 3 aromatic rings. The van der Waals surface area contributed by atoms with Crippen LogP contribution in [0.3, 0.4) is 0 Å². The number of hydrogen-bond donors (Lipinski definition) is 0. The van der Waals surface area contributed by atoms with Crippen LogP contribution in [0.25, 0.3) is 0 Å². The van der Waals surface area contributed by atoms with Crippen LogP contribution >= 0.6 is 11.3 Å². The van der Waals surface area contributed by atoms with Gasteiger partial charge in [0.05, 0.1) is 20.3 Å². The zero-order valence-corrected chi connectivity index (χ0v) is 17.8. The number of nitrogens with zero attached hydrogens (tertiary/aromatic N) is 1. The molecular formula is C24H25NO3S. The molecular weight excluding hydrogens is 382 g/mol. The van der Waals surface area contributed by atoms with E-state index in [1.807, 2.05) is 47.4 Å². The summed E-state index contributed by atoms with van der Waals surface area (Å²) >= 11 is 1.67. The largest absolute Gasteiger partial charge is 0.493 e. The second kappa shape index (κ2) is 8.29. The maximum Gasteiger partial charge on any atom is 0.254 e. The SMILES string of the molecule is CCc1ccc(C(=O)N2CCc3cc(OC)c(OC)cc3[C@@H]2c2cccs2)cc1. The molecule has 4 nitrogen and oxygen atoms in total. The lowest BCUT2D eigenvalue weighted by atomic mass is 9.90. The van der Waals surface area contributed by atoms with Gasteiger partial charge in [0.1, 0.15) is 0 Å². The van der Waals surface area contributed by atoms with Gasteiger partial charge in [0, 0.05) is 17.0 Å². The van der Waals surface area contributed by atoms with Crippen molar-refractivity contribution in [3.05, 3.63) is 81.0 Å². The maximum atomic E-state index is 13.5. The molecule has 0 fully saturated rings. The minimum Gasteiger partial charge on any atom is -0.493 e.